The van der Waals surface area contributed by atoms with Gasteiger partial charge in [0.2, 0.25) is 0 Å². The number of carbonyl (C=O) groups excluding carboxylic acids is 1. The first-order valence-corrected chi connectivity index (χ1v) is 7.81. The van der Waals surface area contributed by atoms with Crippen LogP contribution in [0.3, 0.4) is 0 Å². The summed E-state index contributed by atoms with van der Waals surface area (Å²) < 4.78 is 0. The van der Waals surface area contributed by atoms with Gasteiger partial charge in [-0.15, -0.1) is 11.6 Å². The molecule has 0 saturated carbocycles. The number of rotatable bonds is 6. The number of benzene rings is 2. The van der Waals surface area contributed by atoms with E-state index in [-0.39, 0.29) is 5.91 Å². The fraction of sp³-hybridized carbons (Fsp3) is 0.278. The maximum Gasteiger partial charge on any atom is 0.255 e. The van der Waals surface area contributed by atoms with Gasteiger partial charge in [0.1, 0.15) is 0 Å². The Hall–Kier alpha value is -1.80. The number of nitrogens with one attached hydrogen (secondary N) is 1. The molecular weight excluding hydrogens is 282 g/mol. The average molecular weight is 302 g/mol. The Labute approximate surface area is 131 Å². The molecule has 1 N–H and O–H groups in total. The third kappa shape index (κ3) is 4.61. The summed E-state index contributed by atoms with van der Waals surface area (Å²) in [5.41, 5.74) is 3.77. The summed E-state index contributed by atoms with van der Waals surface area (Å²) in [6.45, 7) is 2.18. The molecule has 0 fully saturated rings. The molecule has 3 heteroatoms. The Morgan fingerprint density at radius 1 is 1.00 bits per heavy atom. The van der Waals surface area contributed by atoms with Crippen LogP contribution in [0.25, 0.3) is 0 Å². The van der Waals surface area contributed by atoms with Crippen LogP contribution >= 0.6 is 11.6 Å². The number of aryl methyl sites for hydroxylation is 1. The molecular formula is C18H20ClNO. The molecule has 0 heterocycles. The summed E-state index contributed by atoms with van der Waals surface area (Å²) in [6.07, 6.45) is 3.47. The molecule has 110 valence electrons. The number of alkyl halides is 1. The summed E-state index contributed by atoms with van der Waals surface area (Å²) in [4.78, 5) is 12.1. The van der Waals surface area contributed by atoms with Crippen molar-refractivity contribution in [2.24, 2.45) is 0 Å². The van der Waals surface area contributed by atoms with Crippen molar-refractivity contribution in [1.82, 2.24) is 0 Å². The van der Waals surface area contributed by atoms with E-state index in [2.05, 4.69) is 24.4 Å². The number of anilines is 1. The van der Waals surface area contributed by atoms with Crippen molar-refractivity contribution >= 4 is 23.2 Å². The Balaban J connectivity index is 1.98. The van der Waals surface area contributed by atoms with Gasteiger partial charge < -0.3 is 5.32 Å². The number of halogens is 1. The van der Waals surface area contributed by atoms with E-state index in [0.29, 0.717) is 11.4 Å². The zero-order valence-electron chi connectivity index (χ0n) is 12.2. The summed E-state index contributed by atoms with van der Waals surface area (Å²) >= 11 is 5.74. The molecule has 0 unspecified atom stereocenters. The van der Waals surface area contributed by atoms with Crippen LogP contribution in [-0.2, 0) is 12.3 Å². The second-order valence-corrected chi connectivity index (χ2v) is 5.35. The zero-order valence-corrected chi connectivity index (χ0v) is 13.0. The molecule has 0 bridgehead atoms. The maximum atomic E-state index is 12.1. The van der Waals surface area contributed by atoms with Crippen LogP contribution in [0.1, 0.15) is 41.3 Å². The fourth-order valence-corrected chi connectivity index (χ4v) is 2.26. The van der Waals surface area contributed by atoms with E-state index in [0.717, 1.165) is 17.7 Å². The van der Waals surface area contributed by atoms with Crippen LogP contribution in [0.15, 0.2) is 48.5 Å². The van der Waals surface area contributed by atoms with E-state index >= 15 is 0 Å². The molecule has 0 aliphatic heterocycles. The number of hydrogen-bond acceptors (Lipinski definition) is 1. The molecule has 0 saturated heterocycles. The number of hydrogen-bond donors (Lipinski definition) is 1. The highest BCUT2D eigenvalue weighted by Gasteiger charge is 2.05. The van der Waals surface area contributed by atoms with Crippen molar-refractivity contribution < 1.29 is 4.79 Å². The van der Waals surface area contributed by atoms with Crippen molar-refractivity contribution in [3.05, 3.63) is 65.2 Å². The minimum atomic E-state index is -0.0996. The molecule has 2 rings (SSSR count). The summed E-state index contributed by atoms with van der Waals surface area (Å²) in [5, 5.41) is 2.91. The first kappa shape index (κ1) is 15.6. The molecule has 2 aromatic carbocycles. The van der Waals surface area contributed by atoms with E-state index in [1.807, 2.05) is 24.3 Å². The Bertz CT molecular complexity index is 575. The van der Waals surface area contributed by atoms with Crippen molar-refractivity contribution in [3.63, 3.8) is 0 Å². The topological polar surface area (TPSA) is 29.1 Å². The number of unbranched alkanes of at least 4 members (excludes halogenated alkanes) is 1. The lowest BCUT2D eigenvalue weighted by Gasteiger charge is -2.07. The predicted octanol–water partition coefficient (Wildman–Crippen LogP) is 5.02. The highest BCUT2D eigenvalue weighted by atomic mass is 35.5. The monoisotopic (exact) mass is 301 g/mol. The molecule has 0 aliphatic rings. The van der Waals surface area contributed by atoms with Crippen molar-refractivity contribution in [2.75, 3.05) is 5.32 Å². The lowest BCUT2D eigenvalue weighted by atomic mass is 10.1. The maximum absolute atomic E-state index is 12.1. The zero-order chi connectivity index (χ0) is 15.1. The van der Waals surface area contributed by atoms with Gasteiger partial charge in [-0.25, -0.2) is 0 Å². The van der Waals surface area contributed by atoms with Gasteiger partial charge in [0.15, 0.2) is 0 Å². The van der Waals surface area contributed by atoms with Crippen molar-refractivity contribution in [2.45, 2.75) is 32.1 Å². The van der Waals surface area contributed by atoms with Gasteiger partial charge in [0.05, 0.1) is 0 Å². The van der Waals surface area contributed by atoms with Crippen LogP contribution in [0, 0.1) is 0 Å². The Kier molecular flexibility index (Phi) is 5.82. The third-order valence-corrected chi connectivity index (χ3v) is 3.71. The Morgan fingerprint density at radius 2 is 1.62 bits per heavy atom. The molecule has 0 spiro atoms. The largest absolute Gasteiger partial charge is 0.322 e. The first-order valence-electron chi connectivity index (χ1n) is 7.28. The van der Waals surface area contributed by atoms with Gasteiger partial charge in [-0.2, -0.15) is 0 Å². The number of amides is 1. The van der Waals surface area contributed by atoms with Gasteiger partial charge in [0, 0.05) is 17.1 Å². The molecule has 1 amide bonds. The summed E-state index contributed by atoms with van der Waals surface area (Å²) in [6, 6.07) is 15.4. The van der Waals surface area contributed by atoms with E-state index in [4.69, 9.17) is 11.6 Å². The second-order valence-electron chi connectivity index (χ2n) is 5.09. The van der Waals surface area contributed by atoms with Crippen LogP contribution in [0.2, 0.25) is 0 Å². The van der Waals surface area contributed by atoms with Gasteiger partial charge in [-0.05, 0) is 48.2 Å². The quantitative estimate of drug-likeness (QED) is 0.746. The molecule has 0 radical (unpaired) electrons. The number of carbonyl (C=O) groups is 1. The fourth-order valence-electron chi connectivity index (χ4n) is 2.08. The van der Waals surface area contributed by atoms with Crippen LogP contribution in [0.4, 0.5) is 5.69 Å². The SMILES string of the molecule is CCCCc1ccc(NC(=O)c2ccc(CCl)cc2)cc1. The average Bonchev–Trinajstić information content (AvgIpc) is 2.54. The van der Waals surface area contributed by atoms with E-state index in [1.165, 1.54) is 18.4 Å². The van der Waals surface area contributed by atoms with Gasteiger partial charge >= 0.3 is 0 Å². The highest BCUT2D eigenvalue weighted by Crippen LogP contribution is 2.14. The normalized spacial score (nSPS) is 10.4. The lowest BCUT2D eigenvalue weighted by Crippen LogP contribution is -2.11. The molecule has 0 aliphatic carbocycles. The standard InChI is InChI=1S/C18H20ClNO/c1-2-3-4-14-7-11-17(12-8-14)20-18(21)16-9-5-15(13-19)6-10-16/h5-12H,2-4,13H2,1H3,(H,20,21). The van der Waals surface area contributed by atoms with Crippen molar-refractivity contribution in [1.29, 1.82) is 0 Å². The smallest absolute Gasteiger partial charge is 0.255 e. The molecule has 2 aromatic rings. The minimum Gasteiger partial charge on any atom is -0.322 e. The summed E-state index contributed by atoms with van der Waals surface area (Å²) in [5.74, 6) is 0.360. The van der Waals surface area contributed by atoms with E-state index < -0.39 is 0 Å². The van der Waals surface area contributed by atoms with Crippen LogP contribution in [0.5, 0.6) is 0 Å². The second kappa shape index (κ2) is 7.84. The predicted molar refractivity (Wildman–Crippen MR) is 89.0 cm³/mol. The lowest BCUT2D eigenvalue weighted by molar-refractivity contribution is 0.102. The first-order chi connectivity index (χ1) is 10.2. The molecule has 21 heavy (non-hydrogen) atoms. The minimum absolute atomic E-state index is 0.0996. The van der Waals surface area contributed by atoms with Crippen molar-refractivity contribution in [3.8, 4) is 0 Å². The Morgan fingerprint density at radius 3 is 2.19 bits per heavy atom. The molecule has 0 atom stereocenters. The molecule has 2 nitrogen and oxygen atoms in total. The van der Waals surface area contributed by atoms with Gasteiger partial charge in [0.25, 0.3) is 5.91 Å². The summed E-state index contributed by atoms with van der Waals surface area (Å²) in [7, 11) is 0. The third-order valence-electron chi connectivity index (χ3n) is 3.40. The van der Waals surface area contributed by atoms with E-state index in [9.17, 15) is 4.79 Å². The van der Waals surface area contributed by atoms with Gasteiger partial charge in [-0.3, -0.25) is 4.79 Å². The van der Waals surface area contributed by atoms with E-state index in [1.54, 1.807) is 12.1 Å². The molecule has 0 aromatic heterocycles. The van der Waals surface area contributed by atoms with Gasteiger partial charge in [-0.1, -0.05) is 37.6 Å². The van der Waals surface area contributed by atoms with Crippen LogP contribution < -0.4 is 5.32 Å². The highest BCUT2D eigenvalue weighted by molar-refractivity contribution is 6.17. The van der Waals surface area contributed by atoms with Crippen LogP contribution in [-0.4, -0.2) is 5.91 Å².